The Balaban J connectivity index is 2.15. The number of ether oxygens (including phenoxy) is 1. The zero-order valence-electron chi connectivity index (χ0n) is 15.9. The number of piperidine rings is 1. The monoisotopic (exact) mass is 363 g/mol. The number of likely N-dealkylation sites (tertiary alicyclic amines) is 1. The van der Waals surface area contributed by atoms with E-state index < -0.39 is 24.5 Å². The van der Waals surface area contributed by atoms with Crippen molar-refractivity contribution >= 4 is 11.9 Å². The molecule has 2 rings (SSSR count). The van der Waals surface area contributed by atoms with Gasteiger partial charge in [0.1, 0.15) is 0 Å². The lowest BCUT2D eigenvalue weighted by Gasteiger charge is -2.55. The molecule has 1 aromatic carbocycles. The van der Waals surface area contributed by atoms with Crippen molar-refractivity contribution in [1.82, 2.24) is 4.90 Å². The Morgan fingerprint density at radius 1 is 1.12 bits per heavy atom. The van der Waals surface area contributed by atoms with Gasteiger partial charge in [-0.2, -0.15) is 0 Å². The van der Waals surface area contributed by atoms with Crippen molar-refractivity contribution in [3.05, 3.63) is 35.9 Å². The van der Waals surface area contributed by atoms with E-state index >= 15 is 0 Å². The highest BCUT2D eigenvalue weighted by molar-refractivity contribution is 5.79. The number of carboxylic acids is 2. The highest BCUT2D eigenvalue weighted by Gasteiger charge is 2.46. The lowest BCUT2D eigenvalue weighted by atomic mass is 9.77. The molecule has 0 radical (unpaired) electrons. The molecule has 1 aliphatic rings. The van der Waals surface area contributed by atoms with Gasteiger partial charge < -0.3 is 14.9 Å². The summed E-state index contributed by atoms with van der Waals surface area (Å²) in [7, 11) is 0. The summed E-state index contributed by atoms with van der Waals surface area (Å²) in [5.74, 6) is -2.40. The minimum Gasteiger partial charge on any atom is -0.481 e. The Kier molecular flexibility index (Phi) is 6.09. The van der Waals surface area contributed by atoms with Crippen LogP contribution in [0.4, 0.5) is 0 Å². The van der Waals surface area contributed by atoms with Crippen LogP contribution in [0.2, 0.25) is 0 Å². The molecule has 144 valence electrons. The number of nitrogens with zero attached hydrogens (tertiary/aromatic N) is 1. The van der Waals surface area contributed by atoms with Gasteiger partial charge in [-0.1, -0.05) is 30.3 Å². The molecule has 0 amide bonds. The molecule has 0 aromatic heterocycles. The third kappa shape index (κ3) is 5.05. The molecule has 1 fully saturated rings. The van der Waals surface area contributed by atoms with E-state index in [9.17, 15) is 14.7 Å². The molecule has 2 N–H and O–H groups in total. The van der Waals surface area contributed by atoms with Crippen molar-refractivity contribution in [3.8, 4) is 0 Å². The Morgan fingerprint density at radius 2 is 1.65 bits per heavy atom. The maximum absolute atomic E-state index is 11.3. The van der Waals surface area contributed by atoms with Gasteiger partial charge in [0.05, 0.1) is 12.5 Å². The van der Waals surface area contributed by atoms with E-state index in [0.717, 1.165) is 6.54 Å². The summed E-state index contributed by atoms with van der Waals surface area (Å²) in [5, 5.41) is 18.2. The number of aliphatic carboxylic acids is 2. The summed E-state index contributed by atoms with van der Waals surface area (Å²) >= 11 is 0. The molecule has 1 aromatic rings. The average Bonchev–Trinajstić information content (AvgIpc) is 2.50. The van der Waals surface area contributed by atoms with Crippen molar-refractivity contribution in [2.45, 2.75) is 76.8 Å². The van der Waals surface area contributed by atoms with Crippen LogP contribution in [0.5, 0.6) is 0 Å². The van der Waals surface area contributed by atoms with E-state index in [0.29, 0.717) is 12.8 Å². The largest absolute Gasteiger partial charge is 0.481 e. The zero-order valence-corrected chi connectivity index (χ0v) is 15.9. The minimum absolute atomic E-state index is 0.214. The molecule has 6 heteroatoms. The van der Waals surface area contributed by atoms with Gasteiger partial charge in [0.25, 0.3) is 0 Å². The second kappa shape index (κ2) is 7.76. The van der Waals surface area contributed by atoms with Crippen LogP contribution in [-0.4, -0.2) is 50.3 Å². The summed E-state index contributed by atoms with van der Waals surface area (Å²) in [5.41, 5.74) is 0.797. The van der Waals surface area contributed by atoms with E-state index in [1.807, 2.05) is 18.2 Å². The topological polar surface area (TPSA) is 87.1 Å². The second-order valence-electron chi connectivity index (χ2n) is 8.29. The van der Waals surface area contributed by atoms with Gasteiger partial charge in [-0.15, -0.1) is 0 Å². The predicted octanol–water partition coefficient (Wildman–Crippen LogP) is 3.15. The van der Waals surface area contributed by atoms with Gasteiger partial charge in [0.15, 0.2) is 6.10 Å². The first-order valence-corrected chi connectivity index (χ1v) is 8.93. The van der Waals surface area contributed by atoms with Crippen LogP contribution < -0.4 is 0 Å². The predicted molar refractivity (Wildman–Crippen MR) is 97.9 cm³/mol. The Labute approximate surface area is 154 Å². The lowest BCUT2D eigenvalue weighted by molar-refractivity contribution is -0.171. The third-order valence-corrected chi connectivity index (χ3v) is 5.09. The number of benzene rings is 1. The summed E-state index contributed by atoms with van der Waals surface area (Å²) < 4.78 is 5.73. The maximum Gasteiger partial charge on any atom is 0.333 e. The minimum atomic E-state index is -1.32. The lowest BCUT2D eigenvalue weighted by Crippen LogP contribution is -2.62. The van der Waals surface area contributed by atoms with E-state index in [2.05, 4.69) is 44.7 Å². The van der Waals surface area contributed by atoms with E-state index in [1.165, 1.54) is 5.56 Å². The standard InChI is InChI=1S/C20H29NO5/c1-19(2)11-15(26-16(18(24)25)10-17(22)23)12-20(3,4)21(19)13-14-8-6-5-7-9-14/h5-9,15-16H,10-13H2,1-4H3,(H,22,23)(H,24,25). The molecule has 1 heterocycles. The van der Waals surface area contributed by atoms with Gasteiger partial charge in [-0.05, 0) is 46.1 Å². The van der Waals surface area contributed by atoms with Crippen molar-refractivity contribution in [1.29, 1.82) is 0 Å². The molecule has 0 spiro atoms. The highest BCUT2D eigenvalue weighted by Crippen LogP contribution is 2.41. The molecule has 1 atom stereocenters. The zero-order chi connectivity index (χ0) is 19.5. The molecule has 1 aliphatic heterocycles. The van der Waals surface area contributed by atoms with E-state index in [4.69, 9.17) is 9.84 Å². The van der Waals surface area contributed by atoms with Crippen LogP contribution in [0.25, 0.3) is 0 Å². The van der Waals surface area contributed by atoms with Crippen LogP contribution in [0.3, 0.4) is 0 Å². The van der Waals surface area contributed by atoms with E-state index in [-0.39, 0.29) is 17.2 Å². The van der Waals surface area contributed by atoms with Gasteiger partial charge in [0.2, 0.25) is 0 Å². The fraction of sp³-hybridized carbons (Fsp3) is 0.600. The quantitative estimate of drug-likeness (QED) is 0.774. The second-order valence-corrected chi connectivity index (χ2v) is 8.29. The molecule has 0 saturated carbocycles. The third-order valence-electron chi connectivity index (χ3n) is 5.09. The summed E-state index contributed by atoms with van der Waals surface area (Å²) in [6, 6.07) is 10.2. The van der Waals surface area contributed by atoms with Crippen LogP contribution in [0.15, 0.2) is 30.3 Å². The average molecular weight is 363 g/mol. The fourth-order valence-corrected chi connectivity index (χ4v) is 4.10. The van der Waals surface area contributed by atoms with Crippen molar-refractivity contribution in [2.24, 2.45) is 0 Å². The molecule has 0 bridgehead atoms. The van der Waals surface area contributed by atoms with Gasteiger partial charge in [-0.25, -0.2) is 4.79 Å². The highest BCUT2D eigenvalue weighted by atomic mass is 16.5. The van der Waals surface area contributed by atoms with Crippen molar-refractivity contribution in [2.75, 3.05) is 0 Å². The van der Waals surface area contributed by atoms with Gasteiger partial charge in [0, 0.05) is 17.6 Å². The maximum atomic E-state index is 11.3. The molecule has 26 heavy (non-hydrogen) atoms. The number of carboxylic acid groups (broad SMARTS) is 2. The Hall–Kier alpha value is -1.92. The van der Waals surface area contributed by atoms with Gasteiger partial charge in [-0.3, -0.25) is 9.69 Å². The number of hydrogen-bond acceptors (Lipinski definition) is 4. The van der Waals surface area contributed by atoms with E-state index in [1.54, 1.807) is 0 Å². The van der Waals surface area contributed by atoms with Crippen LogP contribution in [0.1, 0.15) is 52.5 Å². The first-order chi connectivity index (χ1) is 12.0. The smallest absolute Gasteiger partial charge is 0.333 e. The first-order valence-electron chi connectivity index (χ1n) is 8.93. The Bertz CT molecular complexity index is 623. The molecule has 1 unspecified atom stereocenters. The van der Waals surface area contributed by atoms with Crippen molar-refractivity contribution in [3.63, 3.8) is 0 Å². The summed E-state index contributed by atoms with van der Waals surface area (Å²) in [4.78, 5) is 24.7. The fourth-order valence-electron chi connectivity index (χ4n) is 4.10. The van der Waals surface area contributed by atoms with Gasteiger partial charge >= 0.3 is 11.9 Å². The number of rotatable bonds is 7. The number of hydrogen-bond donors (Lipinski definition) is 2. The molecular formula is C20H29NO5. The molecule has 1 saturated heterocycles. The number of carbonyl (C=O) groups is 2. The van der Waals surface area contributed by atoms with Crippen LogP contribution in [0, 0.1) is 0 Å². The first kappa shape index (κ1) is 20.4. The van der Waals surface area contributed by atoms with Crippen molar-refractivity contribution < 1.29 is 24.5 Å². The van der Waals surface area contributed by atoms with Crippen LogP contribution in [-0.2, 0) is 20.9 Å². The summed E-state index contributed by atoms with van der Waals surface area (Å²) in [6.07, 6.45) is -0.850. The normalized spacial score (nSPS) is 21.2. The molecule has 0 aliphatic carbocycles. The SMILES string of the molecule is CC1(C)CC(OC(CC(=O)O)C(=O)O)CC(C)(C)N1Cc1ccccc1. The molecular weight excluding hydrogens is 334 g/mol. The van der Waals surface area contributed by atoms with Crippen LogP contribution >= 0.6 is 0 Å². The Morgan fingerprint density at radius 3 is 2.12 bits per heavy atom. The molecule has 6 nitrogen and oxygen atoms in total. The summed E-state index contributed by atoms with van der Waals surface area (Å²) in [6.45, 7) is 9.30.